The first-order valence-electron chi connectivity index (χ1n) is 9.68. The van der Waals surface area contributed by atoms with Gasteiger partial charge in [0.1, 0.15) is 11.0 Å². The van der Waals surface area contributed by atoms with Crippen LogP contribution in [0.2, 0.25) is 0 Å². The van der Waals surface area contributed by atoms with E-state index >= 15 is 0 Å². The van der Waals surface area contributed by atoms with E-state index in [2.05, 4.69) is 17.0 Å². The maximum Gasteiger partial charge on any atom is 0.410 e. The van der Waals surface area contributed by atoms with E-state index in [-0.39, 0.29) is 18.1 Å². The summed E-state index contributed by atoms with van der Waals surface area (Å²) in [4.78, 5) is 29.5. The van der Waals surface area contributed by atoms with Crippen LogP contribution in [0.3, 0.4) is 0 Å². The van der Waals surface area contributed by atoms with Gasteiger partial charge < -0.3 is 14.4 Å². The number of esters is 1. The number of amides is 1. The van der Waals surface area contributed by atoms with Crippen molar-refractivity contribution in [3.05, 3.63) is 35.9 Å². The first-order valence-corrected chi connectivity index (χ1v) is 9.68. The van der Waals surface area contributed by atoms with Gasteiger partial charge in [0.2, 0.25) is 0 Å². The second-order valence-electron chi connectivity index (χ2n) is 8.46. The lowest BCUT2D eigenvalue weighted by atomic mass is 9.83. The Morgan fingerprint density at radius 1 is 1.22 bits per heavy atom. The van der Waals surface area contributed by atoms with Gasteiger partial charge in [0.25, 0.3) is 0 Å². The van der Waals surface area contributed by atoms with E-state index in [1.807, 2.05) is 45.9 Å². The van der Waals surface area contributed by atoms with Crippen LogP contribution in [0.25, 0.3) is 0 Å². The Morgan fingerprint density at radius 2 is 1.93 bits per heavy atom. The van der Waals surface area contributed by atoms with Crippen LogP contribution in [-0.4, -0.2) is 59.7 Å². The van der Waals surface area contributed by atoms with E-state index in [0.717, 1.165) is 13.1 Å². The number of fused-ring (bicyclic) bond motifs is 1. The predicted molar refractivity (Wildman–Crippen MR) is 102 cm³/mol. The first kappa shape index (κ1) is 19.7. The molecule has 27 heavy (non-hydrogen) atoms. The molecule has 0 radical (unpaired) electrons. The number of hydrogen-bond acceptors (Lipinski definition) is 5. The molecule has 0 aliphatic carbocycles. The van der Waals surface area contributed by atoms with Crippen molar-refractivity contribution in [2.45, 2.75) is 52.3 Å². The summed E-state index contributed by atoms with van der Waals surface area (Å²) >= 11 is 0. The van der Waals surface area contributed by atoms with Crippen molar-refractivity contribution in [2.24, 2.45) is 5.41 Å². The molecule has 148 valence electrons. The Kier molecular flexibility index (Phi) is 5.47. The molecule has 2 aliphatic rings. The molecule has 0 N–H and O–H groups in total. The third-order valence-corrected chi connectivity index (χ3v) is 5.35. The van der Waals surface area contributed by atoms with E-state index in [1.165, 1.54) is 5.56 Å². The monoisotopic (exact) mass is 374 g/mol. The molecule has 0 unspecified atom stereocenters. The molecule has 0 saturated carbocycles. The summed E-state index contributed by atoms with van der Waals surface area (Å²) in [6.07, 6.45) is 0.336. The van der Waals surface area contributed by atoms with Gasteiger partial charge in [-0.1, -0.05) is 30.3 Å². The molecule has 0 aromatic heterocycles. The highest BCUT2D eigenvalue weighted by molar-refractivity contribution is 5.81. The smallest absolute Gasteiger partial charge is 0.410 e. The lowest BCUT2D eigenvalue weighted by molar-refractivity contribution is -0.155. The van der Waals surface area contributed by atoms with Crippen molar-refractivity contribution in [3.63, 3.8) is 0 Å². The number of rotatable bonds is 4. The fourth-order valence-corrected chi connectivity index (χ4v) is 4.15. The Balaban J connectivity index is 1.81. The van der Waals surface area contributed by atoms with Gasteiger partial charge in [0, 0.05) is 32.2 Å². The van der Waals surface area contributed by atoms with E-state index in [4.69, 9.17) is 9.47 Å². The van der Waals surface area contributed by atoms with E-state index in [9.17, 15) is 9.59 Å². The van der Waals surface area contributed by atoms with Gasteiger partial charge in [-0.25, -0.2) is 4.79 Å². The van der Waals surface area contributed by atoms with Crippen molar-refractivity contribution in [3.8, 4) is 0 Å². The largest absolute Gasteiger partial charge is 0.465 e. The lowest BCUT2D eigenvalue weighted by Crippen LogP contribution is -2.44. The van der Waals surface area contributed by atoms with Crippen LogP contribution in [0.5, 0.6) is 0 Å². The molecule has 0 bridgehead atoms. The number of benzene rings is 1. The molecule has 2 saturated heterocycles. The maximum absolute atomic E-state index is 12.9. The first-order chi connectivity index (χ1) is 12.7. The minimum absolute atomic E-state index is 0.0516. The molecule has 2 heterocycles. The molecule has 2 fully saturated rings. The normalized spacial score (nSPS) is 25.3. The second kappa shape index (κ2) is 7.50. The Bertz CT molecular complexity index is 685. The topological polar surface area (TPSA) is 59.1 Å². The summed E-state index contributed by atoms with van der Waals surface area (Å²) in [6, 6.07) is 10.2. The standard InChI is InChI=1S/C21H30N2O4/c1-5-26-18(24)21-11-12-22(13-16-9-7-6-8-10-16)17(21)14-23(15-21)19(25)27-20(2,3)4/h6-10,17H,5,11-15H2,1-4H3/t17-,21+/m0/s1. The number of carbonyl (C=O) groups excluding carboxylic acids is 2. The number of ether oxygens (including phenoxy) is 2. The van der Waals surface area contributed by atoms with E-state index < -0.39 is 11.0 Å². The third-order valence-electron chi connectivity index (χ3n) is 5.35. The molecule has 1 aromatic carbocycles. The highest BCUT2D eigenvalue weighted by Gasteiger charge is 2.60. The van der Waals surface area contributed by atoms with Crippen molar-refractivity contribution in [1.82, 2.24) is 9.80 Å². The van der Waals surface area contributed by atoms with Gasteiger partial charge in [0.15, 0.2) is 0 Å². The quantitative estimate of drug-likeness (QED) is 0.758. The Hall–Kier alpha value is -2.08. The zero-order valence-corrected chi connectivity index (χ0v) is 16.7. The summed E-state index contributed by atoms with van der Waals surface area (Å²) in [6.45, 7) is 10.1. The molecule has 1 aromatic rings. The summed E-state index contributed by atoms with van der Waals surface area (Å²) in [5, 5.41) is 0. The van der Waals surface area contributed by atoms with Crippen LogP contribution in [0.4, 0.5) is 4.79 Å². The van der Waals surface area contributed by atoms with Crippen molar-refractivity contribution in [2.75, 3.05) is 26.2 Å². The zero-order chi connectivity index (χ0) is 19.7. The van der Waals surface area contributed by atoms with Gasteiger partial charge in [-0.15, -0.1) is 0 Å². The van der Waals surface area contributed by atoms with Crippen LogP contribution in [-0.2, 0) is 20.8 Å². The van der Waals surface area contributed by atoms with E-state index in [1.54, 1.807) is 4.90 Å². The van der Waals surface area contributed by atoms with E-state index in [0.29, 0.717) is 26.1 Å². The summed E-state index contributed by atoms with van der Waals surface area (Å²) < 4.78 is 11.0. The van der Waals surface area contributed by atoms with Crippen LogP contribution in [0.1, 0.15) is 39.7 Å². The lowest BCUT2D eigenvalue weighted by Gasteiger charge is -2.28. The average Bonchev–Trinajstić information content (AvgIpc) is 3.13. The van der Waals surface area contributed by atoms with Crippen LogP contribution in [0, 0.1) is 5.41 Å². The predicted octanol–water partition coefficient (Wildman–Crippen LogP) is 3.06. The Morgan fingerprint density at radius 3 is 2.56 bits per heavy atom. The maximum atomic E-state index is 12.9. The highest BCUT2D eigenvalue weighted by atomic mass is 16.6. The van der Waals surface area contributed by atoms with Crippen molar-refractivity contribution >= 4 is 12.1 Å². The molecular formula is C21H30N2O4. The molecule has 2 aliphatic heterocycles. The molecular weight excluding hydrogens is 344 g/mol. The second-order valence-corrected chi connectivity index (χ2v) is 8.46. The molecule has 3 rings (SSSR count). The number of hydrogen-bond donors (Lipinski definition) is 0. The molecule has 6 heteroatoms. The number of likely N-dealkylation sites (tertiary alicyclic amines) is 2. The molecule has 1 amide bonds. The zero-order valence-electron chi connectivity index (χ0n) is 16.7. The summed E-state index contributed by atoms with van der Waals surface area (Å²) in [5.74, 6) is -0.198. The molecule has 6 nitrogen and oxygen atoms in total. The summed E-state index contributed by atoms with van der Waals surface area (Å²) in [7, 11) is 0. The van der Waals surface area contributed by atoms with Crippen molar-refractivity contribution < 1.29 is 19.1 Å². The highest BCUT2D eigenvalue weighted by Crippen LogP contribution is 2.45. The SMILES string of the molecule is CCOC(=O)[C@@]12CCN(Cc3ccccc3)[C@H]1CN(C(=O)OC(C)(C)C)C2. The van der Waals surface area contributed by atoms with Gasteiger partial charge in [0.05, 0.1) is 6.61 Å². The fraction of sp³-hybridized carbons (Fsp3) is 0.619. The van der Waals surface area contributed by atoms with Crippen molar-refractivity contribution in [1.29, 1.82) is 0 Å². The van der Waals surface area contributed by atoms with Crippen LogP contribution >= 0.6 is 0 Å². The van der Waals surface area contributed by atoms with Gasteiger partial charge >= 0.3 is 12.1 Å². The third kappa shape index (κ3) is 4.10. The number of carbonyl (C=O) groups is 2. The Labute approximate surface area is 161 Å². The minimum Gasteiger partial charge on any atom is -0.465 e. The number of nitrogens with zero attached hydrogens (tertiary/aromatic N) is 2. The average molecular weight is 374 g/mol. The van der Waals surface area contributed by atoms with Crippen LogP contribution in [0.15, 0.2) is 30.3 Å². The van der Waals surface area contributed by atoms with Gasteiger partial charge in [-0.3, -0.25) is 9.69 Å². The minimum atomic E-state index is -0.665. The van der Waals surface area contributed by atoms with Crippen LogP contribution < -0.4 is 0 Å². The van der Waals surface area contributed by atoms with Gasteiger partial charge in [-0.2, -0.15) is 0 Å². The molecule has 0 spiro atoms. The molecule has 2 atom stereocenters. The van der Waals surface area contributed by atoms with Gasteiger partial charge in [-0.05, 0) is 39.7 Å². The fourth-order valence-electron chi connectivity index (χ4n) is 4.15. The summed E-state index contributed by atoms with van der Waals surface area (Å²) in [5.41, 5.74) is -0.0232.